The Labute approximate surface area is 285 Å². The second-order valence-electron chi connectivity index (χ2n) is 15.0. The van der Waals surface area contributed by atoms with E-state index in [1.165, 1.54) is 6.07 Å². The van der Waals surface area contributed by atoms with Crippen LogP contribution in [0.15, 0.2) is 30.3 Å². The van der Waals surface area contributed by atoms with E-state index in [-0.39, 0.29) is 33.8 Å². The molecule has 0 radical (unpaired) electrons. The van der Waals surface area contributed by atoms with Crippen LogP contribution in [0.5, 0.6) is 11.8 Å². The van der Waals surface area contributed by atoms with Gasteiger partial charge in [-0.3, -0.25) is 0 Å². The maximum absolute atomic E-state index is 17.3. The van der Waals surface area contributed by atoms with Gasteiger partial charge in [-0.1, -0.05) is 18.1 Å². The number of nitrogens with zero attached hydrogens (tertiary/aromatic N) is 5. The highest BCUT2D eigenvalue weighted by molar-refractivity contribution is 6.06. The van der Waals surface area contributed by atoms with Gasteiger partial charge >= 0.3 is 6.01 Å². The number of phenols is 1. The molecular weight excluding hydrogens is 619 g/mol. The number of aryl methyl sites for hydroxylation is 1. The van der Waals surface area contributed by atoms with E-state index in [9.17, 15) is 10.4 Å². The molecule has 4 atom stereocenters. The summed E-state index contributed by atoms with van der Waals surface area (Å²) in [6.45, 7) is 8.60. The first-order valence-corrected chi connectivity index (χ1v) is 17.4. The van der Waals surface area contributed by atoms with Gasteiger partial charge in [-0.2, -0.15) is 15.2 Å². The number of phenolic OH excluding ortho intramolecular Hbond substituents is 1. The highest BCUT2D eigenvalue weighted by Crippen LogP contribution is 2.48. The van der Waals surface area contributed by atoms with E-state index in [0.717, 1.165) is 77.2 Å². The molecule has 2 N–H and O–H groups in total. The first-order chi connectivity index (χ1) is 23.8. The molecule has 250 valence electrons. The fourth-order valence-corrected chi connectivity index (χ4v) is 8.89. The molecule has 49 heavy (non-hydrogen) atoms. The molecule has 1 aliphatic carbocycles. The molecule has 2 bridgehead atoms. The van der Waals surface area contributed by atoms with Gasteiger partial charge in [0.1, 0.15) is 17.1 Å². The number of piperazine rings is 1. The Morgan fingerprint density at radius 1 is 1.10 bits per heavy atom. The van der Waals surface area contributed by atoms with Crippen LogP contribution in [-0.2, 0) is 4.74 Å². The number of hydrogen-bond donors (Lipinski definition) is 2. The number of rotatable bonds is 7. The van der Waals surface area contributed by atoms with E-state index >= 15 is 4.39 Å². The fourth-order valence-electron chi connectivity index (χ4n) is 8.89. The van der Waals surface area contributed by atoms with Gasteiger partial charge in [0.05, 0.1) is 31.5 Å². The summed E-state index contributed by atoms with van der Waals surface area (Å²) in [7, 11) is 0. The van der Waals surface area contributed by atoms with Crippen LogP contribution in [0.4, 0.5) is 10.2 Å². The molecule has 9 nitrogen and oxygen atoms in total. The van der Waals surface area contributed by atoms with Gasteiger partial charge in [0.25, 0.3) is 0 Å². The highest BCUT2D eigenvalue weighted by atomic mass is 19.1. The molecule has 2 unspecified atom stereocenters. The standard InChI is InChI=1S/C39H39FN6O3/c1-3-30-22(2)4-5-23-10-29(47)12-31(33(23)30)34-24(13-41)11-32-36(35(34)40)43-38(44-37(32)46-16-27-6-7-28(17-46)42-27)49-21-39(8-9-39)20-45-14-25-18-48-19-26(25)15-45/h1,4-5,10-12,25-28,42,47H,6-9,14-21H2,2H3/t25-,26+,27?,28?. The lowest BCUT2D eigenvalue weighted by atomic mass is 9.89. The van der Waals surface area contributed by atoms with Crippen molar-refractivity contribution in [2.45, 2.75) is 44.7 Å². The Hall–Kier alpha value is -4.48. The first-order valence-electron chi connectivity index (χ1n) is 17.4. The van der Waals surface area contributed by atoms with E-state index in [1.807, 2.05) is 19.1 Å². The van der Waals surface area contributed by atoms with E-state index < -0.39 is 5.82 Å². The molecule has 4 aromatic rings. The minimum absolute atomic E-state index is 0.0322. The summed E-state index contributed by atoms with van der Waals surface area (Å²) in [6.07, 6.45) is 10.3. The van der Waals surface area contributed by atoms with Crippen molar-refractivity contribution in [3.8, 4) is 41.3 Å². The number of anilines is 1. The summed E-state index contributed by atoms with van der Waals surface area (Å²) in [5, 5.41) is 26.6. The van der Waals surface area contributed by atoms with E-state index in [1.54, 1.807) is 12.1 Å². The molecule has 4 saturated heterocycles. The Bertz CT molecular complexity index is 2080. The SMILES string of the molecule is C#Cc1c(C)ccc2cc(O)cc(-c3c(C#N)cc4c(N5CC6CCC(C5)N6)nc(OCC5(CN6C[C@H]7COC[C@H]7C6)CC5)nc4c3F)c12. The van der Waals surface area contributed by atoms with E-state index in [0.29, 0.717) is 63.6 Å². The third-order valence-electron chi connectivity index (χ3n) is 11.6. The zero-order valence-electron chi connectivity index (χ0n) is 27.6. The van der Waals surface area contributed by atoms with Crippen LogP contribution in [0.3, 0.4) is 0 Å². The van der Waals surface area contributed by atoms with Crippen molar-refractivity contribution in [3.63, 3.8) is 0 Å². The van der Waals surface area contributed by atoms with Gasteiger partial charge in [0.2, 0.25) is 0 Å². The van der Waals surface area contributed by atoms with Crippen LogP contribution in [0.2, 0.25) is 0 Å². The third kappa shape index (κ3) is 5.25. The monoisotopic (exact) mass is 658 g/mol. The number of ether oxygens (including phenoxy) is 2. The van der Waals surface area contributed by atoms with Crippen LogP contribution in [-0.4, -0.2) is 84.6 Å². The molecule has 9 rings (SSSR count). The van der Waals surface area contributed by atoms with Gasteiger partial charge in [-0.15, -0.1) is 6.42 Å². The van der Waals surface area contributed by atoms with Crippen LogP contribution in [0.25, 0.3) is 32.8 Å². The molecule has 10 heteroatoms. The number of aromatic hydroxyl groups is 1. The summed E-state index contributed by atoms with van der Waals surface area (Å²) in [6, 6.07) is 11.5. The summed E-state index contributed by atoms with van der Waals surface area (Å²) in [5.74, 6) is 3.87. The summed E-state index contributed by atoms with van der Waals surface area (Å²) < 4.78 is 29.4. The van der Waals surface area contributed by atoms with Crippen LogP contribution < -0.4 is 15.0 Å². The predicted octanol–water partition coefficient (Wildman–Crippen LogP) is 5.13. The molecule has 1 aromatic heterocycles. The van der Waals surface area contributed by atoms with Crippen molar-refractivity contribution in [3.05, 3.63) is 52.8 Å². The molecule has 1 saturated carbocycles. The van der Waals surface area contributed by atoms with Crippen molar-refractivity contribution in [2.75, 3.05) is 57.4 Å². The molecule has 5 fully saturated rings. The van der Waals surface area contributed by atoms with Crippen molar-refractivity contribution in [2.24, 2.45) is 17.3 Å². The van der Waals surface area contributed by atoms with Gasteiger partial charge < -0.3 is 29.7 Å². The average Bonchev–Trinajstić information content (AvgIpc) is 3.34. The molecule has 0 spiro atoms. The minimum Gasteiger partial charge on any atom is -0.508 e. The number of likely N-dealkylation sites (tertiary alicyclic amines) is 1. The van der Waals surface area contributed by atoms with Gasteiger partial charge in [0.15, 0.2) is 5.82 Å². The molecule has 0 amide bonds. The maximum atomic E-state index is 17.3. The molecule has 5 aliphatic rings. The quantitative estimate of drug-likeness (QED) is 0.262. The number of aromatic nitrogens is 2. The first kappa shape index (κ1) is 30.6. The van der Waals surface area contributed by atoms with Crippen LogP contribution in [0.1, 0.15) is 42.4 Å². The highest BCUT2D eigenvalue weighted by Gasteiger charge is 2.48. The van der Waals surface area contributed by atoms with Gasteiger partial charge in [0, 0.05) is 84.0 Å². The zero-order valence-corrected chi connectivity index (χ0v) is 27.6. The van der Waals surface area contributed by atoms with Crippen molar-refractivity contribution < 1.29 is 19.0 Å². The van der Waals surface area contributed by atoms with Crippen molar-refractivity contribution >= 4 is 27.5 Å². The van der Waals surface area contributed by atoms with Gasteiger partial charge in [-0.25, -0.2) is 4.39 Å². The Morgan fingerprint density at radius 3 is 2.55 bits per heavy atom. The number of halogens is 1. The Morgan fingerprint density at radius 2 is 1.86 bits per heavy atom. The van der Waals surface area contributed by atoms with Crippen LogP contribution >= 0.6 is 0 Å². The lowest BCUT2D eigenvalue weighted by Crippen LogP contribution is -2.51. The third-order valence-corrected chi connectivity index (χ3v) is 11.6. The normalized spacial score (nSPS) is 25.4. The molecular formula is C39H39FN6O3. The number of nitriles is 1. The van der Waals surface area contributed by atoms with Crippen molar-refractivity contribution in [1.29, 1.82) is 5.26 Å². The number of fused-ring (bicyclic) bond motifs is 5. The molecule has 3 aromatic carbocycles. The Balaban J connectivity index is 1.15. The minimum atomic E-state index is -0.663. The topological polar surface area (TPSA) is 107 Å². The number of benzene rings is 3. The summed E-state index contributed by atoms with van der Waals surface area (Å²) in [4.78, 5) is 14.4. The summed E-state index contributed by atoms with van der Waals surface area (Å²) in [5.41, 5.74) is 2.07. The smallest absolute Gasteiger partial charge is 0.319 e. The van der Waals surface area contributed by atoms with Gasteiger partial charge in [-0.05, 0) is 67.3 Å². The van der Waals surface area contributed by atoms with E-state index in [2.05, 4.69) is 27.1 Å². The maximum Gasteiger partial charge on any atom is 0.319 e. The molecule has 5 heterocycles. The lowest BCUT2D eigenvalue weighted by Gasteiger charge is -2.34. The molecule has 4 aliphatic heterocycles. The number of nitrogens with one attached hydrogen (secondary N) is 1. The zero-order chi connectivity index (χ0) is 33.4. The second-order valence-corrected chi connectivity index (χ2v) is 15.0. The lowest BCUT2D eigenvalue weighted by molar-refractivity contribution is 0.131. The van der Waals surface area contributed by atoms with Crippen LogP contribution in [0, 0.1) is 53.7 Å². The second kappa shape index (κ2) is 11.6. The van der Waals surface area contributed by atoms with Crippen molar-refractivity contribution in [1.82, 2.24) is 20.2 Å². The Kier molecular flexibility index (Phi) is 7.21. The largest absolute Gasteiger partial charge is 0.508 e. The fraction of sp³-hybridized carbons (Fsp3) is 0.462. The number of hydrogen-bond acceptors (Lipinski definition) is 9. The number of terminal acetylenes is 1. The average molecular weight is 659 g/mol. The predicted molar refractivity (Wildman–Crippen MR) is 185 cm³/mol. The summed E-state index contributed by atoms with van der Waals surface area (Å²) >= 11 is 0. The van der Waals surface area contributed by atoms with E-state index in [4.69, 9.17) is 25.9 Å².